The molecule has 1 atom stereocenters. The maximum atomic E-state index is 5.35. The van der Waals surface area contributed by atoms with Crippen LogP contribution < -0.4 is 10.6 Å². The van der Waals surface area contributed by atoms with Crippen LogP contribution in [0.25, 0.3) is 0 Å². The van der Waals surface area contributed by atoms with Crippen LogP contribution in [0.2, 0.25) is 0 Å². The first-order valence-corrected chi connectivity index (χ1v) is 8.62. The van der Waals surface area contributed by atoms with Gasteiger partial charge in [-0.2, -0.15) is 0 Å². The summed E-state index contributed by atoms with van der Waals surface area (Å²) in [5.74, 6) is 1.91. The van der Waals surface area contributed by atoms with Crippen molar-refractivity contribution in [3.8, 4) is 0 Å². The Morgan fingerprint density at radius 3 is 2.42 bits per heavy atom. The van der Waals surface area contributed by atoms with Crippen LogP contribution in [0.5, 0.6) is 0 Å². The number of hydrogen-bond acceptors (Lipinski definition) is 4. The zero-order chi connectivity index (χ0) is 18.2. The second kappa shape index (κ2) is 11.2. The minimum atomic E-state index is 0. The molecule has 144 valence electrons. The molecule has 6 nitrogen and oxygen atoms in total. The second-order valence-electron chi connectivity index (χ2n) is 6.57. The molecule has 1 aromatic carbocycles. The first-order chi connectivity index (χ1) is 12.0. The number of rotatable bonds is 7. The van der Waals surface area contributed by atoms with Crippen molar-refractivity contribution in [3.05, 3.63) is 53.4 Å². The van der Waals surface area contributed by atoms with Crippen molar-refractivity contribution in [2.45, 2.75) is 32.4 Å². The van der Waals surface area contributed by atoms with Gasteiger partial charge in [-0.3, -0.25) is 4.99 Å². The van der Waals surface area contributed by atoms with Crippen LogP contribution in [-0.4, -0.2) is 43.7 Å². The number of hydrogen-bond donors (Lipinski definition) is 2. The van der Waals surface area contributed by atoms with E-state index in [0.717, 1.165) is 24.0 Å². The Kier molecular flexibility index (Phi) is 9.64. The summed E-state index contributed by atoms with van der Waals surface area (Å²) in [5, 5.41) is 10.7. The van der Waals surface area contributed by atoms with E-state index in [1.807, 2.05) is 12.1 Å². The Labute approximate surface area is 173 Å². The van der Waals surface area contributed by atoms with Gasteiger partial charge in [0.1, 0.15) is 0 Å². The first kappa shape index (κ1) is 22.4. The van der Waals surface area contributed by atoms with Gasteiger partial charge in [0.05, 0.1) is 18.3 Å². The number of benzene rings is 1. The van der Waals surface area contributed by atoms with Crippen molar-refractivity contribution in [1.29, 1.82) is 0 Å². The minimum absolute atomic E-state index is 0. The molecular weight excluding hydrogens is 441 g/mol. The molecule has 0 amide bonds. The number of aliphatic imine (C=N–C) groups is 1. The Morgan fingerprint density at radius 1 is 1.19 bits per heavy atom. The standard InChI is InChI=1S/C19H29N5O.HI/c1-14(2)17-11-16(25-23-17)12-21-19(20-3)22-13-18(24(4)5)15-9-7-6-8-10-15;/h6-11,14,18H,12-13H2,1-5H3,(H2,20,21,22);1H. The summed E-state index contributed by atoms with van der Waals surface area (Å²) in [6.45, 7) is 5.50. The Morgan fingerprint density at radius 2 is 1.88 bits per heavy atom. The van der Waals surface area contributed by atoms with Gasteiger partial charge in [-0.15, -0.1) is 24.0 Å². The van der Waals surface area contributed by atoms with Gasteiger partial charge in [0.15, 0.2) is 11.7 Å². The van der Waals surface area contributed by atoms with E-state index in [-0.39, 0.29) is 30.0 Å². The van der Waals surface area contributed by atoms with Crippen molar-refractivity contribution in [1.82, 2.24) is 20.7 Å². The van der Waals surface area contributed by atoms with E-state index in [2.05, 4.69) is 77.9 Å². The van der Waals surface area contributed by atoms with Crippen LogP contribution in [-0.2, 0) is 6.54 Å². The molecule has 0 aliphatic heterocycles. The van der Waals surface area contributed by atoms with Crippen molar-refractivity contribution < 1.29 is 4.52 Å². The van der Waals surface area contributed by atoms with Gasteiger partial charge >= 0.3 is 0 Å². The molecule has 2 rings (SSSR count). The molecule has 0 bridgehead atoms. The van der Waals surface area contributed by atoms with Crippen LogP contribution >= 0.6 is 24.0 Å². The SMILES string of the molecule is CN=C(NCc1cc(C(C)C)no1)NCC(c1ccccc1)N(C)C.I. The Hall–Kier alpha value is -1.61. The summed E-state index contributed by atoms with van der Waals surface area (Å²) in [5.41, 5.74) is 2.24. The van der Waals surface area contributed by atoms with Gasteiger partial charge < -0.3 is 20.1 Å². The molecule has 2 N–H and O–H groups in total. The highest BCUT2D eigenvalue weighted by molar-refractivity contribution is 14.0. The van der Waals surface area contributed by atoms with E-state index < -0.39 is 0 Å². The van der Waals surface area contributed by atoms with Gasteiger partial charge in [0, 0.05) is 19.7 Å². The molecule has 0 aliphatic rings. The van der Waals surface area contributed by atoms with Crippen LogP contribution in [0.3, 0.4) is 0 Å². The highest BCUT2D eigenvalue weighted by Crippen LogP contribution is 2.16. The molecule has 0 saturated carbocycles. The predicted octanol–water partition coefficient (Wildman–Crippen LogP) is 3.38. The monoisotopic (exact) mass is 471 g/mol. The molecule has 26 heavy (non-hydrogen) atoms. The van der Waals surface area contributed by atoms with E-state index in [0.29, 0.717) is 12.5 Å². The summed E-state index contributed by atoms with van der Waals surface area (Å²) < 4.78 is 5.35. The maximum absolute atomic E-state index is 5.35. The largest absolute Gasteiger partial charge is 0.359 e. The van der Waals surface area contributed by atoms with E-state index >= 15 is 0 Å². The van der Waals surface area contributed by atoms with Gasteiger partial charge in [-0.05, 0) is 25.6 Å². The molecule has 0 radical (unpaired) electrons. The molecule has 0 saturated heterocycles. The molecule has 0 aliphatic carbocycles. The van der Waals surface area contributed by atoms with Gasteiger partial charge in [0.2, 0.25) is 0 Å². The van der Waals surface area contributed by atoms with Crippen LogP contribution in [0, 0.1) is 0 Å². The highest BCUT2D eigenvalue weighted by Gasteiger charge is 2.14. The summed E-state index contributed by atoms with van der Waals surface area (Å²) >= 11 is 0. The fraction of sp³-hybridized carbons (Fsp3) is 0.474. The van der Waals surface area contributed by atoms with Crippen molar-refractivity contribution >= 4 is 29.9 Å². The van der Waals surface area contributed by atoms with Crippen LogP contribution in [0.15, 0.2) is 45.9 Å². The molecular formula is C19H30IN5O. The van der Waals surface area contributed by atoms with E-state index in [1.165, 1.54) is 5.56 Å². The van der Waals surface area contributed by atoms with E-state index in [9.17, 15) is 0 Å². The van der Waals surface area contributed by atoms with Crippen LogP contribution in [0.1, 0.15) is 42.8 Å². The van der Waals surface area contributed by atoms with E-state index in [4.69, 9.17) is 4.52 Å². The summed E-state index contributed by atoms with van der Waals surface area (Å²) in [4.78, 5) is 6.48. The Bertz CT molecular complexity index is 670. The zero-order valence-electron chi connectivity index (χ0n) is 16.2. The third-order valence-electron chi connectivity index (χ3n) is 4.09. The van der Waals surface area contributed by atoms with Crippen molar-refractivity contribution in [3.63, 3.8) is 0 Å². The average molecular weight is 471 g/mol. The molecule has 1 aromatic heterocycles. The molecule has 2 aromatic rings. The van der Waals surface area contributed by atoms with E-state index in [1.54, 1.807) is 7.05 Å². The number of nitrogens with one attached hydrogen (secondary N) is 2. The second-order valence-corrected chi connectivity index (χ2v) is 6.57. The topological polar surface area (TPSA) is 65.7 Å². The highest BCUT2D eigenvalue weighted by atomic mass is 127. The zero-order valence-corrected chi connectivity index (χ0v) is 18.5. The fourth-order valence-electron chi connectivity index (χ4n) is 2.54. The summed E-state index contributed by atoms with van der Waals surface area (Å²) in [7, 11) is 5.93. The third-order valence-corrected chi connectivity index (χ3v) is 4.09. The molecule has 0 fully saturated rings. The lowest BCUT2D eigenvalue weighted by molar-refractivity contribution is 0.298. The lowest BCUT2D eigenvalue weighted by Crippen LogP contribution is -2.41. The lowest BCUT2D eigenvalue weighted by Gasteiger charge is -2.26. The van der Waals surface area contributed by atoms with Gasteiger partial charge in [0.25, 0.3) is 0 Å². The molecule has 1 heterocycles. The number of halogens is 1. The normalized spacial score (nSPS) is 12.8. The number of guanidine groups is 1. The number of likely N-dealkylation sites (N-methyl/N-ethyl adjacent to an activating group) is 1. The smallest absolute Gasteiger partial charge is 0.191 e. The Balaban J connectivity index is 0.00000338. The lowest BCUT2D eigenvalue weighted by atomic mass is 10.1. The molecule has 1 unspecified atom stereocenters. The van der Waals surface area contributed by atoms with Crippen LogP contribution in [0.4, 0.5) is 0 Å². The molecule has 7 heteroatoms. The summed E-state index contributed by atoms with van der Waals surface area (Å²) in [6, 6.07) is 12.7. The average Bonchev–Trinajstić information content (AvgIpc) is 3.08. The predicted molar refractivity (Wildman–Crippen MR) is 117 cm³/mol. The third kappa shape index (κ3) is 6.60. The van der Waals surface area contributed by atoms with Gasteiger partial charge in [-0.25, -0.2) is 0 Å². The van der Waals surface area contributed by atoms with Crippen molar-refractivity contribution in [2.24, 2.45) is 4.99 Å². The quantitative estimate of drug-likeness (QED) is 0.368. The summed E-state index contributed by atoms with van der Waals surface area (Å²) in [6.07, 6.45) is 0. The fourth-order valence-corrected chi connectivity index (χ4v) is 2.54. The number of aromatic nitrogens is 1. The number of nitrogens with zero attached hydrogens (tertiary/aromatic N) is 3. The van der Waals surface area contributed by atoms with Gasteiger partial charge in [-0.1, -0.05) is 49.3 Å². The minimum Gasteiger partial charge on any atom is -0.359 e. The first-order valence-electron chi connectivity index (χ1n) is 8.62. The maximum Gasteiger partial charge on any atom is 0.191 e. The van der Waals surface area contributed by atoms with Crippen molar-refractivity contribution in [2.75, 3.05) is 27.7 Å². The molecule has 0 spiro atoms.